The second-order valence-corrected chi connectivity index (χ2v) is 9.20. The fourth-order valence-electron chi connectivity index (χ4n) is 4.89. The third-order valence-electron chi connectivity index (χ3n) is 6.84. The van der Waals surface area contributed by atoms with Crippen molar-refractivity contribution in [3.05, 3.63) is 119 Å². The summed E-state index contributed by atoms with van der Waals surface area (Å²) in [6.45, 7) is 1.27. The first-order valence-electron chi connectivity index (χ1n) is 12.1. The highest BCUT2D eigenvalue weighted by molar-refractivity contribution is 5.79. The van der Waals surface area contributed by atoms with Crippen LogP contribution < -0.4 is 4.74 Å². The lowest BCUT2D eigenvalue weighted by Gasteiger charge is -2.37. The molecule has 0 bridgehead atoms. The SMILES string of the molecule is COc1cccc(CC(=O)N2Cc3ccccc3C[C@H]2Cn2cncc2Cc2ccc(C#N)cc2)c1. The average Bonchev–Trinajstić information content (AvgIpc) is 3.35. The van der Waals surface area contributed by atoms with Crippen molar-refractivity contribution >= 4 is 5.91 Å². The van der Waals surface area contributed by atoms with Gasteiger partial charge in [0.05, 0.1) is 37.5 Å². The molecule has 1 aliphatic rings. The zero-order valence-corrected chi connectivity index (χ0v) is 20.3. The normalized spacial score (nSPS) is 14.7. The molecule has 1 aliphatic heterocycles. The van der Waals surface area contributed by atoms with Crippen LogP contribution in [0.5, 0.6) is 5.75 Å². The van der Waals surface area contributed by atoms with Crippen molar-refractivity contribution in [2.24, 2.45) is 0 Å². The number of fused-ring (bicyclic) bond motifs is 1. The molecule has 1 aromatic heterocycles. The van der Waals surface area contributed by atoms with E-state index in [9.17, 15) is 4.79 Å². The molecule has 0 unspecified atom stereocenters. The predicted molar refractivity (Wildman–Crippen MR) is 137 cm³/mol. The van der Waals surface area contributed by atoms with Gasteiger partial charge in [0, 0.05) is 31.4 Å². The van der Waals surface area contributed by atoms with E-state index in [0.29, 0.717) is 31.5 Å². The number of amides is 1. The zero-order chi connectivity index (χ0) is 24.9. The Hall–Kier alpha value is -4.37. The van der Waals surface area contributed by atoms with E-state index in [1.807, 2.05) is 72.0 Å². The molecule has 0 saturated carbocycles. The van der Waals surface area contributed by atoms with E-state index in [-0.39, 0.29) is 11.9 Å². The van der Waals surface area contributed by atoms with Gasteiger partial charge >= 0.3 is 0 Å². The Morgan fingerprint density at radius 3 is 2.64 bits per heavy atom. The van der Waals surface area contributed by atoms with Crippen LogP contribution in [0.1, 0.15) is 33.5 Å². The number of aromatic nitrogens is 2. The maximum Gasteiger partial charge on any atom is 0.227 e. The molecule has 4 aromatic rings. The van der Waals surface area contributed by atoms with Crippen LogP contribution in [0.2, 0.25) is 0 Å². The molecule has 36 heavy (non-hydrogen) atoms. The van der Waals surface area contributed by atoms with Gasteiger partial charge in [-0.3, -0.25) is 4.79 Å². The molecule has 2 heterocycles. The van der Waals surface area contributed by atoms with Crippen molar-refractivity contribution < 1.29 is 9.53 Å². The largest absolute Gasteiger partial charge is 0.497 e. The molecule has 180 valence electrons. The molecular weight excluding hydrogens is 448 g/mol. The molecular formula is C30H28N4O2. The molecule has 0 N–H and O–H groups in total. The lowest BCUT2D eigenvalue weighted by Crippen LogP contribution is -2.47. The van der Waals surface area contributed by atoms with Gasteiger partial charge in [-0.25, -0.2) is 4.98 Å². The Kier molecular flexibility index (Phi) is 6.81. The number of nitrogens with zero attached hydrogens (tertiary/aromatic N) is 4. The van der Waals surface area contributed by atoms with Crippen molar-refractivity contribution in [3.63, 3.8) is 0 Å². The van der Waals surface area contributed by atoms with E-state index in [1.165, 1.54) is 11.1 Å². The van der Waals surface area contributed by atoms with Crippen LogP contribution in [0.15, 0.2) is 85.3 Å². The highest BCUT2D eigenvalue weighted by Gasteiger charge is 2.30. The van der Waals surface area contributed by atoms with E-state index in [4.69, 9.17) is 10.00 Å². The third kappa shape index (κ3) is 5.16. The van der Waals surface area contributed by atoms with E-state index in [0.717, 1.165) is 29.0 Å². The second kappa shape index (κ2) is 10.5. The summed E-state index contributed by atoms with van der Waals surface area (Å²) in [5, 5.41) is 9.07. The Labute approximate surface area is 211 Å². The lowest BCUT2D eigenvalue weighted by molar-refractivity contribution is -0.134. The lowest BCUT2D eigenvalue weighted by atomic mass is 9.93. The number of carbonyl (C=O) groups excluding carboxylic acids is 1. The summed E-state index contributed by atoms with van der Waals surface area (Å²) < 4.78 is 7.50. The minimum absolute atomic E-state index is 0.0203. The number of nitriles is 1. The van der Waals surface area contributed by atoms with Gasteiger partial charge in [0.15, 0.2) is 0 Å². The molecule has 0 aliphatic carbocycles. The second-order valence-electron chi connectivity index (χ2n) is 9.20. The Balaban J connectivity index is 1.38. The van der Waals surface area contributed by atoms with E-state index < -0.39 is 0 Å². The Bertz CT molecular complexity index is 1400. The molecule has 1 amide bonds. The number of methoxy groups -OCH3 is 1. The van der Waals surface area contributed by atoms with Crippen molar-refractivity contribution in [1.29, 1.82) is 5.26 Å². The summed E-state index contributed by atoms with van der Waals surface area (Å²) in [7, 11) is 1.64. The molecule has 1 atom stereocenters. The summed E-state index contributed by atoms with van der Waals surface area (Å²) in [5.41, 5.74) is 6.30. The van der Waals surface area contributed by atoms with Crippen molar-refractivity contribution in [1.82, 2.24) is 14.5 Å². The fraction of sp³-hybridized carbons (Fsp3) is 0.233. The van der Waals surface area contributed by atoms with Crippen LogP contribution in [0, 0.1) is 11.3 Å². The average molecular weight is 477 g/mol. The van der Waals surface area contributed by atoms with Crippen LogP contribution >= 0.6 is 0 Å². The quantitative estimate of drug-likeness (QED) is 0.392. The van der Waals surface area contributed by atoms with Crippen LogP contribution in [-0.2, 0) is 37.1 Å². The van der Waals surface area contributed by atoms with Crippen molar-refractivity contribution in [3.8, 4) is 11.8 Å². The number of benzene rings is 3. The van der Waals surface area contributed by atoms with Gasteiger partial charge in [-0.2, -0.15) is 5.26 Å². The third-order valence-corrected chi connectivity index (χ3v) is 6.84. The first-order chi connectivity index (χ1) is 17.6. The van der Waals surface area contributed by atoms with Crippen LogP contribution in [0.3, 0.4) is 0 Å². The van der Waals surface area contributed by atoms with Crippen LogP contribution in [-0.4, -0.2) is 33.5 Å². The van der Waals surface area contributed by atoms with Crippen molar-refractivity contribution in [2.45, 2.75) is 38.4 Å². The number of hydrogen-bond acceptors (Lipinski definition) is 4. The standard InChI is InChI=1S/C30H28N4O2/c1-36-29-8-4-5-24(14-29)15-30(35)34-19-26-7-3-2-6-25(26)16-28(34)20-33-21-32-18-27(33)13-22-9-11-23(17-31)12-10-22/h2-12,14,18,21,28H,13,15-16,19-20H2,1H3/t28-/m0/s1. The minimum Gasteiger partial charge on any atom is -0.497 e. The molecule has 6 nitrogen and oxygen atoms in total. The smallest absolute Gasteiger partial charge is 0.227 e. The summed E-state index contributed by atoms with van der Waals surface area (Å²) >= 11 is 0. The molecule has 0 spiro atoms. The first kappa shape index (κ1) is 23.4. The number of hydrogen-bond donors (Lipinski definition) is 0. The summed E-state index contributed by atoms with van der Waals surface area (Å²) in [5.74, 6) is 0.864. The van der Waals surface area contributed by atoms with E-state index in [1.54, 1.807) is 7.11 Å². The zero-order valence-electron chi connectivity index (χ0n) is 20.3. The highest BCUT2D eigenvalue weighted by atomic mass is 16.5. The molecule has 0 saturated heterocycles. The number of imidazole rings is 1. The maximum absolute atomic E-state index is 13.6. The van der Waals surface area contributed by atoms with Gasteiger partial charge in [-0.05, 0) is 52.9 Å². The monoisotopic (exact) mass is 476 g/mol. The van der Waals surface area contributed by atoms with Crippen molar-refractivity contribution in [2.75, 3.05) is 7.11 Å². The Morgan fingerprint density at radius 1 is 1.06 bits per heavy atom. The highest BCUT2D eigenvalue weighted by Crippen LogP contribution is 2.26. The van der Waals surface area contributed by atoms with E-state index in [2.05, 4.69) is 33.8 Å². The summed E-state index contributed by atoms with van der Waals surface area (Å²) in [6, 6.07) is 25.9. The number of ether oxygens (including phenoxy) is 1. The summed E-state index contributed by atoms with van der Waals surface area (Å²) in [6.07, 6.45) is 5.58. The molecule has 5 rings (SSSR count). The molecule has 3 aromatic carbocycles. The molecule has 0 radical (unpaired) electrons. The predicted octanol–water partition coefficient (Wildman–Crippen LogP) is 4.55. The number of rotatable bonds is 7. The summed E-state index contributed by atoms with van der Waals surface area (Å²) in [4.78, 5) is 20.0. The van der Waals surface area contributed by atoms with E-state index >= 15 is 0 Å². The first-order valence-corrected chi connectivity index (χ1v) is 12.1. The van der Waals surface area contributed by atoms with Gasteiger partial charge in [-0.15, -0.1) is 0 Å². The van der Waals surface area contributed by atoms with Gasteiger partial charge < -0.3 is 14.2 Å². The molecule has 6 heteroatoms. The fourth-order valence-corrected chi connectivity index (χ4v) is 4.89. The topological polar surface area (TPSA) is 71.2 Å². The van der Waals surface area contributed by atoms with Gasteiger partial charge in [0.2, 0.25) is 5.91 Å². The maximum atomic E-state index is 13.6. The number of carbonyl (C=O) groups is 1. The van der Waals surface area contributed by atoms with Gasteiger partial charge in [0.1, 0.15) is 5.75 Å². The molecule has 0 fully saturated rings. The van der Waals surface area contributed by atoms with Crippen LogP contribution in [0.25, 0.3) is 0 Å². The minimum atomic E-state index is 0.0203. The van der Waals surface area contributed by atoms with Crippen LogP contribution in [0.4, 0.5) is 0 Å². The van der Waals surface area contributed by atoms with Gasteiger partial charge in [0.25, 0.3) is 0 Å². The Morgan fingerprint density at radius 2 is 1.86 bits per heavy atom. The van der Waals surface area contributed by atoms with Gasteiger partial charge in [-0.1, -0.05) is 48.5 Å².